The predicted molar refractivity (Wildman–Crippen MR) is 90.5 cm³/mol. The Balaban J connectivity index is 0.000000704. The Morgan fingerprint density at radius 1 is 0.800 bits per heavy atom. The van der Waals surface area contributed by atoms with Crippen LogP contribution in [0.15, 0.2) is 45.3 Å². The number of ketones is 1. The Morgan fingerprint density at radius 3 is 1.60 bits per heavy atom. The van der Waals surface area contributed by atoms with Gasteiger partial charge in [0.1, 0.15) is 0 Å². The highest BCUT2D eigenvalue weighted by Crippen LogP contribution is 2.28. The van der Waals surface area contributed by atoms with Crippen LogP contribution in [0.25, 0.3) is 0 Å². The summed E-state index contributed by atoms with van der Waals surface area (Å²) in [7, 11) is 0. The topological polar surface area (TPSA) is 17.1 Å². The fraction of sp³-hybridized carbons (Fsp3) is 0.235. The zero-order chi connectivity index (χ0) is 14.7. The summed E-state index contributed by atoms with van der Waals surface area (Å²) in [5, 5.41) is 0. The molecule has 0 aromatic heterocycles. The van der Waals surface area contributed by atoms with Gasteiger partial charge in [-0.1, -0.05) is 57.8 Å². The predicted octanol–water partition coefficient (Wildman–Crippen LogP) is 5.57. The highest BCUT2D eigenvalue weighted by molar-refractivity contribution is 9.10. The SMILES string of the molecule is CC.O=C1c2cc(Br)ccc2CCc2ccc(Br)cc21. The standard InChI is InChI=1S/C15H10Br2O.C2H6/c16-11-5-3-9-1-2-10-4-6-12(17)8-14(10)15(18)13(9)7-11;1-2/h3-8H,1-2H2;1-2H3. The average Bonchev–Trinajstić information content (AvgIpc) is 2.60. The number of halogens is 2. The highest BCUT2D eigenvalue weighted by Gasteiger charge is 2.21. The van der Waals surface area contributed by atoms with Gasteiger partial charge in [-0.05, 0) is 48.2 Å². The third-order valence-corrected chi connectivity index (χ3v) is 4.28. The molecule has 0 spiro atoms. The molecular weight excluding hydrogens is 380 g/mol. The van der Waals surface area contributed by atoms with E-state index in [4.69, 9.17) is 0 Å². The Morgan fingerprint density at radius 2 is 1.20 bits per heavy atom. The van der Waals surface area contributed by atoms with Gasteiger partial charge in [0.05, 0.1) is 0 Å². The third-order valence-electron chi connectivity index (χ3n) is 3.30. The molecule has 0 bridgehead atoms. The van der Waals surface area contributed by atoms with Crippen molar-refractivity contribution < 1.29 is 4.79 Å². The van der Waals surface area contributed by atoms with E-state index < -0.39 is 0 Å². The van der Waals surface area contributed by atoms with Gasteiger partial charge in [0.25, 0.3) is 0 Å². The Labute approximate surface area is 136 Å². The van der Waals surface area contributed by atoms with Crippen molar-refractivity contribution in [1.29, 1.82) is 0 Å². The molecule has 0 heterocycles. The lowest BCUT2D eigenvalue weighted by Gasteiger charge is -2.06. The summed E-state index contributed by atoms with van der Waals surface area (Å²) < 4.78 is 1.90. The van der Waals surface area contributed by atoms with Crippen LogP contribution in [0.5, 0.6) is 0 Å². The van der Waals surface area contributed by atoms with E-state index in [9.17, 15) is 4.79 Å². The van der Waals surface area contributed by atoms with E-state index in [0.29, 0.717) is 0 Å². The molecule has 104 valence electrons. The largest absolute Gasteiger partial charge is 0.289 e. The molecule has 0 aliphatic heterocycles. The zero-order valence-corrected chi connectivity index (χ0v) is 14.7. The second-order valence-corrected chi connectivity index (χ2v) is 6.26. The van der Waals surface area contributed by atoms with Crippen LogP contribution in [0.3, 0.4) is 0 Å². The Hall–Kier alpha value is -0.930. The maximum Gasteiger partial charge on any atom is 0.193 e. The summed E-state index contributed by atoms with van der Waals surface area (Å²) in [5.41, 5.74) is 3.91. The van der Waals surface area contributed by atoms with E-state index in [0.717, 1.165) is 44.0 Å². The lowest BCUT2D eigenvalue weighted by Crippen LogP contribution is -2.04. The van der Waals surface area contributed by atoms with Crippen LogP contribution in [0.2, 0.25) is 0 Å². The minimum Gasteiger partial charge on any atom is -0.289 e. The van der Waals surface area contributed by atoms with E-state index >= 15 is 0 Å². The van der Waals surface area contributed by atoms with Gasteiger partial charge < -0.3 is 0 Å². The van der Waals surface area contributed by atoms with E-state index in [2.05, 4.69) is 31.9 Å². The fourth-order valence-electron chi connectivity index (χ4n) is 2.37. The van der Waals surface area contributed by atoms with Gasteiger partial charge in [0, 0.05) is 20.1 Å². The molecule has 0 radical (unpaired) electrons. The Kier molecular flexibility index (Phi) is 5.17. The summed E-state index contributed by atoms with van der Waals surface area (Å²) in [5.74, 6) is 0.125. The number of carbonyl (C=O) groups excluding carboxylic acids is 1. The lowest BCUT2D eigenvalue weighted by molar-refractivity contribution is 0.103. The molecule has 1 nitrogen and oxygen atoms in total. The van der Waals surface area contributed by atoms with Gasteiger partial charge in [-0.2, -0.15) is 0 Å². The maximum atomic E-state index is 12.6. The molecule has 1 aliphatic rings. The molecule has 1 aliphatic carbocycles. The van der Waals surface area contributed by atoms with Gasteiger partial charge in [-0.3, -0.25) is 4.79 Å². The van der Waals surface area contributed by atoms with Gasteiger partial charge in [0.15, 0.2) is 5.78 Å². The molecule has 0 atom stereocenters. The molecule has 0 saturated carbocycles. The van der Waals surface area contributed by atoms with Gasteiger partial charge in [-0.25, -0.2) is 0 Å². The maximum absolute atomic E-state index is 12.6. The monoisotopic (exact) mass is 394 g/mol. The van der Waals surface area contributed by atoms with Crippen molar-refractivity contribution in [3.05, 3.63) is 67.6 Å². The molecule has 0 fully saturated rings. The van der Waals surface area contributed by atoms with E-state index in [1.807, 2.05) is 50.2 Å². The second kappa shape index (κ2) is 6.68. The molecule has 0 saturated heterocycles. The van der Waals surface area contributed by atoms with Crippen molar-refractivity contribution in [2.24, 2.45) is 0 Å². The van der Waals surface area contributed by atoms with Crippen molar-refractivity contribution in [2.75, 3.05) is 0 Å². The summed E-state index contributed by atoms with van der Waals surface area (Å²) >= 11 is 6.87. The van der Waals surface area contributed by atoms with Crippen molar-refractivity contribution in [3.8, 4) is 0 Å². The molecule has 0 amide bonds. The normalized spacial score (nSPS) is 12.7. The first-order valence-corrected chi connectivity index (χ1v) is 8.35. The minimum atomic E-state index is 0.125. The second-order valence-electron chi connectivity index (χ2n) is 4.43. The van der Waals surface area contributed by atoms with Crippen molar-refractivity contribution in [3.63, 3.8) is 0 Å². The van der Waals surface area contributed by atoms with Crippen LogP contribution in [0.1, 0.15) is 40.9 Å². The van der Waals surface area contributed by atoms with Crippen LogP contribution in [-0.4, -0.2) is 5.78 Å². The smallest absolute Gasteiger partial charge is 0.193 e. The van der Waals surface area contributed by atoms with Crippen LogP contribution in [0, 0.1) is 0 Å². The zero-order valence-electron chi connectivity index (χ0n) is 11.5. The Bertz CT molecular complexity index is 592. The summed E-state index contributed by atoms with van der Waals surface area (Å²) in [6, 6.07) is 11.9. The molecule has 3 heteroatoms. The first kappa shape index (κ1) is 15.5. The molecule has 2 aromatic carbocycles. The van der Waals surface area contributed by atoms with Crippen molar-refractivity contribution in [2.45, 2.75) is 26.7 Å². The molecule has 0 unspecified atom stereocenters. The number of carbonyl (C=O) groups is 1. The van der Waals surface area contributed by atoms with Crippen LogP contribution in [0.4, 0.5) is 0 Å². The number of fused-ring (bicyclic) bond motifs is 2. The van der Waals surface area contributed by atoms with Crippen molar-refractivity contribution >= 4 is 37.6 Å². The number of rotatable bonds is 0. The first-order valence-electron chi connectivity index (χ1n) is 6.77. The van der Waals surface area contributed by atoms with Crippen LogP contribution < -0.4 is 0 Å². The first-order chi connectivity index (χ1) is 9.65. The number of aryl methyl sites for hydroxylation is 2. The van der Waals surface area contributed by atoms with Gasteiger partial charge in [-0.15, -0.1) is 0 Å². The molecular formula is C17H16Br2O. The lowest BCUT2D eigenvalue weighted by atomic mass is 9.99. The van der Waals surface area contributed by atoms with E-state index in [-0.39, 0.29) is 5.78 Å². The van der Waals surface area contributed by atoms with E-state index in [1.54, 1.807) is 0 Å². The average molecular weight is 396 g/mol. The molecule has 3 rings (SSSR count). The van der Waals surface area contributed by atoms with E-state index in [1.165, 1.54) is 0 Å². The number of hydrogen-bond acceptors (Lipinski definition) is 1. The van der Waals surface area contributed by atoms with Crippen LogP contribution >= 0.6 is 31.9 Å². The number of benzene rings is 2. The van der Waals surface area contributed by atoms with Crippen molar-refractivity contribution in [1.82, 2.24) is 0 Å². The third kappa shape index (κ3) is 3.04. The molecule has 2 aromatic rings. The van der Waals surface area contributed by atoms with Gasteiger partial charge >= 0.3 is 0 Å². The number of hydrogen-bond donors (Lipinski definition) is 0. The minimum absolute atomic E-state index is 0.125. The molecule has 0 N–H and O–H groups in total. The molecule has 20 heavy (non-hydrogen) atoms. The summed E-state index contributed by atoms with van der Waals surface area (Å²) in [4.78, 5) is 12.6. The summed E-state index contributed by atoms with van der Waals surface area (Å²) in [6.07, 6.45) is 1.84. The van der Waals surface area contributed by atoms with Gasteiger partial charge in [0.2, 0.25) is 0 Å². The van der Waals surface area contributed by atoms with Crippen LogP contribution in [-0.2, 0) is 12.8 Å². The quantitative estimate of drug-likeness (QED) is 0.570. The highest BCUT2D eigenvalue weighted by atomic mass is 79.9. The fourth-order valence-corrected chi connectivity index (χ4v) is 3.09. The summed E-state index contributed by atoms with van der Waals surface area (Å²) in [6.45, 7) is 4.00.